The van der Waals surface area contributed by atoms with Gasteiger partial charge in [-0.1, -0.05) is 47.9 Å². The monoisotopic (exact) mass is 240 g/mol. The van der Waals surface area contributed by atoms with Crippen LogP contribution < -0.4 is 0 Å². The van der Waals surface area contributed by atoms with Gasteiger partial charge in [-0.3, -0.25) is 0 Å². The fourth-order valence-electron chi connectivity index (χ4n) is 1.25. The van der Waals surface area contributed by atoms with Gasteiger partial charge in [-0.25, -0.2) is 4.79 Å². The van der Waals surface area contributed by atoms with E-state index in [2.05, 4.69) is 16.6 Å². The summed E-state index contributed by atoms with van der Waals surface area (Å²) in [4.78, 5) is 11.0. The van der Waals surface area contributed by atoms with E-state index in [-0.39, 0.29) is 0 Å². The molecule has 0 N–H and O–H groups in total. The zero-order chi connectivity index (χ0) is 13.4. The molecule has 0 amide bonds. The van der Waals surface area contributed by atoms with Crippen LogP contribution in [0.4, 0.5) is 0 Å². The molecule has 0 fully saturated rings. The van der Waals surface area contributed by atoms with E-state index in [0.717, 1.165) is 16.7 Å². The summed E-state index contributed by atoms with van der Waals surface area (Å²) in [5, 5.41) is 0. The number of rotatable bonds is 2. The van der Waals surface area contributed by atoms with Crippen molar-refractivity contribution >= 4 is 12.0 Å². The van der Waals surface area contributed by atoms with Gasteiger partial charge in [-0.05, 0) is 25.5 Å². The van der Waals surface area contributed by atoms with Crippen LogP contribution in [0, 0.1) is 11.8 Å². The standard InChI is InChI=1S/C16H16O2/c1-13(2)15(11-12-16(17)18-3)10-9-14-7-5-4-6-8-14/h4-10H,1-3H3/b10-9+. The van der Waals surface area contributed by atoms with E-state index < -0.39 is 5.97 Å². The Labute approximate surface area is 108 Å². The molecule has 1 aromatic rings. The normalized spacial score (nSPS) is 9.50. The van der Waals surface area contributed by atoms with Crippen molar-refractivity contribution in [3.05, 3.63) is 53.1 Å². The van der Waals surface area contributed by atoms with Gasteiger partial charge >= 0.3 is 5.97 Å². The van der Waals surface area contributed by atoms with Crippen LogP contribution in [0.1, 0.15) is 19.4 Å². The summed E-state index contributed by atoms with van der Waals surface area (Å²) in [6, 6.07) is 9.93. The Kier molecular flexibility index (Phi) is 5.47. The van der Waals surface area contributed by atoms with E-state index in [0.29, 0.717) is 0 Å². The van der Waals surface area contributed by atoms with Crippen LogP contribution in [-0.2, 0) is 9.53 Å². The quantitative estimate of drug-likeness (QED) is 0.343. The highest BCUT2D eigenvalue weighted by Crippen LogP contribution is 2.08. The molecule has 0 aliphatic heterocycles. The van der Waals surface area contributed by atoms with E-state index in [1.807, 2.05) is 56.3 Å². The third-order valence-electron chi connectivity index (χ3n) is 2.27. The Morgan fingerprint density at radius 1 is 1.17 bits per heavy atom. The van der Waals surface area contributed by atoms with Crippen LogP contribution in [0.5, 0.6) is 0 Å². The SMILES string of the molecule is COC(=O)C#CC(/C=C/c1ccccc1)=C(C)C. The molecule has 0 spiro atoms. The minimum absolute atomic E-state index is 0.526. The van der Waals surface area contributed by atoms with Crippen molar-refractivity contribution in [2.45, 2.75) is 13.8 Å². The summed E-state index contributed by atoms with van der Waals surface area (Å²) in [6.07, 6.45) is 3.87. The molecule has 0 aromatic heterocycles. The maximum absolute atomic E-state index is 11.0. The topological polar surface area (TPSA) is 26.3 Å². The summed E-state index contributed by atoms with van der Waals surface area (Å²) >= 11 is 0. The van der Waals surface area contributed by atoms with Gasteiger partial charge in [0.2, 0.25) is 0 Å². The zero-order valence-electron chi connectivity index (χ0n) is 10.9. The van der Waals surface area contributed by atoms with Crippen LogP contribution >= 0.6 is 0 Å². The summed E-state index contributed by atoms with van der Waals surface area (Å²) < 4.78 is 4.48. The highest BCUT2D eigenvalue weighted by molar-refractivity contribution is 5.89. The van der Waals surface area contributed by atoms with Crippen molar-refractivity contribution in [2.75, 3.05) is 7.11 Å². The average Bonchev–Trinajstić information content (AvgIpc) is 2.39. The van der Waals surface area contributed by atoms with Gasteiger partial charge < -0.3 is 4.74 Å². The molecule has 18 heavy (non-hydrogen) atoms. The van der Waals surface area contributed by atoms with Crippen LogP contribution in [-0.4, -0.2) is 13.1 Å². The summed E-state index contributed by atoms with van der Waals surface area (Å²) in [7, 11) is 1.32. The molecule has 2 nitrogen and oxygen atoms in total. The first-order valence-electron chi connectivity index (χ1n) is 5.64. The van der Waals surface area contributed by atoms with Crippen molar-refractivity contribution in [3.8, 4) is 11.8 Å². The average molecular weight is 240 g/mol. The third-order valence-corrected chi connectivity index (χ3v) is 2.27. The Balaban J connectivity index is 2.89. The fourth-order valence-corrected chi connectivity index (χ4v) is 1.25. The van der Waals surface area contributed by atoms with Gasteiger partial charge in [0, 0.05) is 11.5 Å². The molecule has 0 bridgehead atoms. The number of benzene rings is 1. The molecule has 2 heteroatoms. The first-order chi connectivity index (χ1) is 8.63. The van der Waals surface area contributed by atoms with Crippen LogP contribution in [0.15, 0.2) is 47.6 Å². The summed E-state index contributed by atoms with van der Waals surface area (Å²) in [5.74, 6) is 4.71. The molecule has 0 radical (unpaired) electrons. The molecule has 0 aliphatic rings. The van der Waals surface area contributed by atoms with Gasteiger partial charge in [-0.15, -0.1) is 0 Å². The maximum atomic E-state index is 11.0. The molecule has 1 aromatic carbocycles. The molecule has 0 heterocycles. The Morgan fingerprint density at radius 3 is 2.39 bits per heavy atom. The molecule has 92 valence electrons. The van der Waals surface area contributed by atoms with Crippen molar-refractivity contribution < 1.29 is 9.53 Å². The van der Waals surface area contributed by atoms with E-state index >= 15 is 0 Å². The van der Waals surface area contributed by atoms with Crippen LogP contribution in [0.25, 0.3) is 6.08 Å². The predicted octanol–water partition coefficient (Wildman–Crippen LogP) is 3.21. The second-order valence-electron chi connectivity index (χ2n) is 3.90. The molecule has 0 unspecified atom stereocenters. The molecular weight excluding hydrogens is 224 g/mol. The van der Waals surface area contributed by atoms with Crippen molar-refractivity contribution in [1.29, 1.82) is 0 Å². The van der Waals surface area contributed by atoms with Gasteiger partial charge in [0.15, 0.2) is 0 Å². The van der Waals surface area contributed by atoms with Gasteiger partial charge in [-0.2, -0.15) is 0 Å². The van der Waals surface area contributed by atoms with E-state index in [1.54, 1.807) is 0 Å². The number of methoxy groups -OCH3 is 1. The highest BCUT2D eigenvalue weighted by Gasteiger charge is 1.93. The second kappa shape index (κ2) is 7.13. The third kappa shape index (κ3) is 4.71. The lowest BCUT2D eigenvalue weighted by molar-refractivity contribution is -0.133. The smallest absolute Gasteiger partial charge is 0.384 e. The van der Waals surface area contributed by atoms with Gasteiger partial charge in [0.1, 0.15) is 0 Å². The van der Waals surface area contributed by atoms with E-state index in [9.17, 15) is 4.79 Å². The lowest BCUT2D eigenvalue weighted by Crippen LogP contribution is -1.94. The molecule has 0 saturated heterocycles. The molecule has 0 aliphatic carbocycles. The number of ether oxygens (including phenoxy) is 1. The highest BCUT2D eigenvalue weighted by atomic mass is 16.5. The fraction of sp³-hybridized carbons (Fsp3) is 0.188. The maximum Gasteiger partial charge on any atom is 0.384 e. The summed E-state index contributed by atoms with van der Waals surface area (Å²) in [6.45, 7) is 3.91. The Hall–Kier alpha value is -2.27. The second-order valence-corrected chi connectivity index (χ2v) is 3.90. The number of allylic oxidation sites excluding steroid dienone is 3. The number of hydrogen-bond donors (Lipinski definition) is 0. The Bertz CT molecular complexity index is 521. The largest absolute Gasteiger partial charge is 0.459 e. The van der Waals surface area contributed by atoms with Crippen LogP contribution in [0.2, 0.25) is 0 Å². The van der Waals surface area contributed by atoms with Crippen molar-refractivity contribution in [3.63, 3.8) is 0 Å². The minimum atomic E-state index is -0.526. The first-order valence-corrected chi connectivity index (χ1v) is 5.64. The number of carbonyl (C=O) groups is 1. The van der Waals surface area contributed by atoms with E-state index in [1.165, 1.54) is 7.11 Å². The Morgan fingerprint density at radius 2 is 1.83 bits per heavy atom. The first kappa shape index (κ1) is 13.8. The van der Waals surface area contributed by atoms with E-state index in [4.69, 9.17) is 0 Å². The molecule has 0 saturated carbocycles. The lowest BCUT2D eigenvalue weighted by Gasteiger charge is -1.96. The lowest BCUT2D eigenvalue weighted by atomic mass is 10.1. The van der Waals surface area contributed by atoms with Crippen molar-refractivity contribution in [2.24, 2.45) is 0 Å². The van der Waals surface area contributed by atoms with Crippen molar-refractivity contribution in [1.82, 2.24) is 0 Å². The molecule has 1 rings (SSSR count). The van der Waals surface area contributed by atoms with Crippen LogP contribution in [0.3, 0.4) is 0 Å². The number of carbonyl (C=O) groups excluding carboxylic acids is 1. The molecular formula is C16H16O2. The minimum Gasteiger partial charge on any atom is -0.459 e. The van der Waals surface area contributed by atoms with Gasteiger partial charge in [0.05, 0.1) is 7.11 Å². The van der Waals surface area contributed by atoms with Gasteiger partial charge in [0.25, 0.3) is 0 Å². The number of esters is 1. The number of hydrogen-bond acceptors (Lipinski definition) is 2. The predicted molar refractivity (Wildman–Crippen MR) is 73.6 cm³/mol. The molecule has 0 atom stereocenters. The summed E-state index contributed by atoms with van der Waals surface area (Å²) in [5.41, 5.74) is 2.97. The zero-order valence-corrected chi connectivity index (χ0v) is 10.9.